The van der Waals surface area contributed by atoms with Crippen molar-refractivity contribution in [2.24, 2.45) is 0 Å². The van der Waals surface area contributed by atoms with E-state index in [4.69, 9.17) is 13.7 Å². The number of halogens is 1. The van der Waals surface area contributed by atoms with Crippen molar-refractivity contribution in [2.75, 3.05) is 13.2 Å². The zero-order valence-electron chi connectivity index (χ0n) is 17.0. The summed E-state index contributed by atoms with van der Waals surface area (Å²) >= 11 is 0. The van der Waals surface area contributed by atoms with E-state index < -0.39 is 21.4 Å². The maximum atomic E-state index is 13.5. The Morgan fingerprint density at radius 3 is 2.68 bits per heavy atom. The molecule has 1 saturated carbocycles. The van der Waals surface area contributed by atoms with E-state index in [1.807, 2.05) is 0 Å². The third-order valence-electron chi connectivity index (χ3n) is 6.16. The summed E-state index contributed by atoms with van der Waals surface area (Å²) in [5.41, 5.74) is -0.680. The molecule has 2 aromatic heterocycles. The molecule has 0 spiro atoms. The smallest absolute Gasteiger partial charge is 0.274 e. The van der Waals surface area contributed by atoms with Crippen LogP contribution < -0.4 is 4.72 Å². The molecule has 0 amide bonds. The van der Waals surface area contributed by atoms with Crippen LogP contribution in [0.25, 0.3) is 11.0 Å². The molecule has 0 bridgehead atoms. The van der Waals surface area contributed by atoms with Gasteiger partial charge in [-0.3, -0.25) is 0 Å². The first kappa shape index (κ1) is 20.6. The van der Waals surface area contributed by atoms with Gasteiger partial charge in [-0.1, -0.05) is 30.8 Å². The lowest BCUT2D eigenvalue weighted by atomic mass is 9.90. The van der Waals surface area contributed by atoms with Crippen molar-refractivity contribution in [2.45, 2.75) is 61.5 Å². The highest BCUT2D eigenvalue weighted by Gasteiger charge is 2.43. The van der Waals surface area contributed by atoms with Crippen LogP contribution in [0.2, 0.25) is 0 Å². The zero-order chi connectivity index (χ0) is 21.5. The van der Waals surface area contributed by atoms with Gasteiger partial charge in [0.1, 0.15) is 11.4 Å². The highest BCUT2D eigenvalue weighted by atomic mass is 32.2. The van der Waals surface area contributed by atoms with Crippen molar-refractivity contribution < 1.29 is 26.5 Å². The van der Waals surface area contributed by atoms with Gasteiger partial charge in [0.15, 0.2) is 5.82 Å². The Balaban J connectivity index is 1.50. The van der Waals surface area contributed by atoms with Crippen LogP contribution >= 0.6 is 0 Å². The molecule has 3 heterocycles. The molecule has 5 rings (SSSR count). The number of nitrogens with one attached hydrogen (secondary N) is 1. The molecule has 31 heavy (non-hydrogen) atoms. The van der Waals surface area contributed by atoms with Gasteiger partial charge in [-0.25, -0.2) is 12.8 Å². The molecule has 1 aliphatic heterocycles. The van der Waals surface area contributed by atoms with Crippen LogP contribution in [0.15, 0.2) is 38.3 Å². The van der Waals surface area contributed by atoms with Gasteiger partial charge in [-0.05, 0) is 37.5 Å². The van der Waals surface area contributed by atoms with Crippen LogP contribution in [-0.4, -0.2) is 31.8 Å². The number of sulfonamides is 1. The Kier molecular flexibility index (Phi) is 5.31. The lowest BCUT2D eigenvalue weighted by Crippen LogP contribution is -2.46. The zero-order valence-corrected chi connectivity index (χ0v) is 17.8. The molecule has 1 saturated heterocycles. The first-order valence-corrected chi connectivity index (χ1v) is 12.1. The minimum atomic E-state index is -4.05. The van der Waals surface area contributed by atoms with Gasteiger partial charge in [0.2, 0.25) is 11.0 Å². The number of ether oxygens (including phenoxy) is 1. The van der Waals surface area contributed by atoms with Gasteiger partial charge in [-0.2, -0.15) is 9.71 Å². The van der Waals surface area contributed by atoms with Crippen LogP contribution in [0.4, 0.5) is 4.39 Å². The summed E-state index contributed by atoms with van der Waals surface area (Å²) in [5.74, 6) is 0.406. The Morgan fingerprint density at radius 1 is 1.13 bits per heavy atom. The van der Waals surface area contributed by atoms with E-state index in [0.29, 0.717) is 48.7 Å². The summed E-state index contributed by atoms with van der Waals surface area (Å²) in [6, 6.07) is 5.23. The van der Waals surface area contributed by atoms with Gasteiger partial charge in [-0.15, -0.1) is 0 Å². The van der Waals surface area contributed by atoms with E-state index in [9.17, 15) is 12.8 Å². The number of aromatic nitrogens is 2. The lowest BCUT2D eigenvalue weighted by molar-refractivity contribution is 0.189. The van der Waals surface area contributed by atoms with E-state index >= 15 is 0 Å². The molecular weight excluding hydrogens is 425 g/mol. The Bertz CT molecular complexity index is 1170. The first-order valence-electron chi connectivity index (χ1n) is 10.6. The number of hydrogen-bond donors (Lipinski definition) is 1. The number of furan rings is 1. The fourth-order valence-corrected chi connectivity index (χ4v) is 5.85. The molecule has 2 fully saturated rings. The quantitative estimate of drug-likeness (QED) is 0.587. The minimum absolute atomic E-state index is 0.0333. The molecule has 1 aromatic carbocycles. The third kappa shape index (κ3) is 3.99. The second-order valence-electron chi connectivity index (χ2n) is 8.37. The second kappa shape index (κ2) is 7.99. The number of benzene rings is 1. The Morgan fingerprint density at radius 2 is 1.94 bits per heavy atom. The molecule has 3 aromatic rings. The van der Waals surface area contributed by atoms with Crippen LogP contribution in [0.3, 0.4) is 0 Å². The van der Waals surface area contributed by atoms with Gasteiger partial charge in [0.05, 0.1) is 18.1 Å². The second-order valence-corrected chi connectivity index (χ2v) is 9.98. The number of rotatable bonds is 5. The largest absolute Gasteiger partial charge is 0.443 e. The fourth-order valence-electron chi connectivity index (χ4n) is 4.46. The highest BCUT2D eigenvalue weighted by molar-refractivity contribution is 7.89. The van der Waals surface area contributed by atoms with E-state index in [0.717, 1.165) is 32.1 Å². The topological polar surface area (TPSA) is 107 Å². The fraction of sp³-hybridized carbons (Fsp3) is 0.524. The van der Waals surface area contributed by atoms with E-state index in [2.05, 4.69) is 14.9 Å². The van der Waals surface area contributed by atoms with Crippen molar-refractivity contribution in [3.63, 3.8) is 0 Å². The molecular formula is C21H24FN3O5S. The summed E-state index contributed by atoms with van der Waals surface area (Å²) in [6.07, 6.45) is 5.61. The summed E-state index contributed by atoms with van der Waals surface area (Å²) in [5, 5.41) is 4.31. The molecule has 166 valence electrons. The third-order valence-corrected chi connectivity index (χ3v) is 7.55. The molecule has 1 N–H and O–H groups in total. The maximum absolute atomic E-state index is 13.5. The van der Waals surface area contributed by atoms with Gasteiger partial charge >= 0.3 is 0 Å². The van der Waals surface area contributed by atoms with Crippen molar-refractivity contribution in [1.82, 2.24) is 14.9 Å². The standard InChI is InChI=1S/C21H24FN3O5S/c22-16-5-6-17-15(11-16)12-18(29-17)31(26,27)25-21(8-3-1-2-4-9-21)20-23-19(30-24-20)14-7-10-28-13-14/h5-6,11-12,14,25H,1-4,7-10,13H2. The summed E-state index contributed by atoms with van der Waals surface area (Å²) in [7, 11) is -4.05. The van der Waals surface area contributed by atoms with Crippen molar-refractivity contribution >= 4 is 21.0 Å². The van der Waals surface area contributed by atoms with Crippen LogP contribution in [0.5, 0.6) is 0 Å². The number of hydrogen-bond acceptors (Lipinski definition) is 7. The van der Waals surface area contributed by atoms with Crippen LogP contribution in [-0.2, 0) is 20.3 Å². The molecule has 1 atom stereocenters. The molecule has 2 aliphatic rings. The molecule has 8 nitrogen and oxygen atoms in total. The Hall–Kier alpha value is -2.30. The molecule has 0 radical (unpaired) electrons. The average Bonchev–Trinajstić information content (AvgIpc) is 3.47. The predicted octanol–water partition coefficient (Wildman–Crippen LogP) is 3.99. The first-order chi connectivity index (χ1) is 15.0. The number of fused-ring (bicyclic) bond motifs is 1. The monoisotopic (exact) mass is 449 g/mol. The van der Waals surface area contributed by atoms with Crippen LogP contribution in [0, 0.1) is 5.82 Å². The predicted molar refractivity (Wildman–Crippen MR) is 108 cm³/mol. The van der Waals surface area contributed by atoms with Crippen molar-refractivity contribution in [1.29, 1.82) is 0 Å². The van der Waals surface area contributed by atoms with Gasteiger partial charge < -0.3 is 13.7 Å². The number of nitrogens with zero attached hydrogens (tertiary/aromatic N) is 2. The molecule has 10 heteroatoms. The van der Waals surface area contributed by atoms with E-state index in [-0.39, 0.29) is 11.0 Å². The minimum Gasteiger partial charge on any atom is -0.443 e. The average molecular weight is 450 g/mol. The lowest BCUT2D eigenvalue weighted by Gasteiger charge is -2.29. The van der Waals surface area contributed by atoms with E-state index in [1.54, 1.807) is 0 Å². The normalized spacial score (nSPS) is 22.0. The molecule has 1 unspecified atom stereocenters. The van der Waals surface area contributed by atoms with Crippen LogP contribution in [0.1, 0.15) is 62.6 Å². The Labute approximate surface area is 179 Å². The summed E-state index contributed by atoms with van der Waals surface area (Å²) in [6.45, 7) is 1.17. The summed E-state index contributed by atoms with van der Waals surface area (Å²) < 4.78 is 59.4. The van der Waals surface area contributed by atoms with Crippen molar-refractivity contribution in [3.8, 4) is 0 Å². The van der Waals surface area contributed by atoms with Gasteiger partial charge in [0, 0.05) is 18.1 Å². The van der Waals surface area contributed by atoms with Gasteiger partial charge in [0.25, 0.3) is 10.0 Å². The highest BCUT2D eigenvalue weighted by Crippen LogP contribution is 2.37. The molecule has 1 aliphatic carbocycles. The SMILES string of the molecule is O=S(=O)(NC1(c2noc(C3CCOC3)n2)CCCCCC1)c1cc2cc(F)ccc2o1. The maximum Gasteiger partial charge on any atom is 0.274 e. The van der Waals surface area contributed by atoms with Crippen molar-refractivity contribution in [3.05, 3.63) is 41.8 Å². The van der Waals surface area contributed by atoms with E-state index in [1.165, 1.54) is 24.3 Å². The summed E-state index contributed by atoms with van der Waals surface area (Å²) in [4.78, 5) is 4.60.